The first-order chi connectivity index (χ1) is 12.2. The monoisotopic (exact) mass is 398 g/mol. The van der Waals surface area contributed by atoms with Gasteiger partial charge in [0.15, 0.2) is 0 Å². The van der Waals surface area contributed by atoms with Gasteiger partial charge in [0.05, 0.1) is 10.0 Å². The van der Waals surface area contributed by atoms with Crippen LogP contribution in [0.2, 0.25) is 10.0 Å². The zero-order chi connectivity index (χ0) is 19.7. The van der Waals surface area contributed by atoms with E-state index in [-0.39, 0.29) is 5.57 Å². The molecule has 0 saturated carbocycles. The number of amides is 2. The highest BCUT2D eigenvalue weighted by Gasteiger charge is 2.18. The van der Waals surface area contributed by atoms with Gasteiger partial charge in [-0.1, -0.05) is 57.0 Å². The molecule has 0 radical (unpaired) electrons. The highest BCUT2D eigenvalue weighted by molar-refractivity contribution is 6.42. The summed E-state index contributed by atoms with van der Waals surface area (Å²) in [6, 6.07) is 4.99. The van der Waals surface area contributed by atoms with Crippen LogP contribution in [0.25, 0.3) is 6.08 Å². The van der Waals surface area contributed by atoms with Crippen molar-refractivity contribution in [3.63, 3.8) is 0 Å². The van der Waals surface area contributed by atoms with E-state index in [1.807, 2.05) is 0 Å². The van der Waals surface area contributed by atoms with Crippen molar-refractivity contribution in [3.8, 4) is 0 Å². The van der Waals surface area contributed by atoms with Crippen LogP contribution in [0.15, 0.2) is 23.8 Å². The Kier molecular flexibility index (Phi) is 9.74. The van der Waals surface area contributed by atoms with Gasteiger partial charge in [0, 0.05) is 13.1 Å². The Bertz CT molecular complexity index is 627. The van der Waals surface area contributed by atoms with Gasteiger partial charge < -0.3 is 10.6 Å². The van der Waals surface area contributed by atoms with E-state index in [0.717, 1.165) is 12.8 Å². The molecule has 0 saturated heterocycles. The number of carbonyl (C=O) groups excluding carboxylic acids is 2. The van der Waals surface area contributed by atoms with Crippen LogP contribution in [-0.4, -0.2) is 24.9 Å². The van der Waals surface area contributed by atoms with Gasteiger partial charge in [0.25, 0.3) is 11.8 Å². The molecule has 0 unspecified atom stereocenters. The van der Waals surface area contributed by atoms with Crippen LogP contribution < -0.4 is 10.6 Å². The Morgan fingerprint density at radius 2 is 1.42 bits per heavy atom. The number of benzene rings is 1. The maximum Gasteiger partial charge on any atom is 0.256 e. The third-order valence-electron chi connectivity index (χ3n) is 3.76. The molecule has 1 aromatic carbocycles. The number of nitrogens with one attached hydrogen (secondary N) is 2. The van der Waals surface area contributed by atoms with E-state index >= 15 is 0 Å². The molecule has 0 heterocycles. The lowest BCUT2D eigenvalue weighted by Crippen LogP contribution is -2.36. The standard InChI is InChI=1S/C20H28Cl2N2O2/c1-13(2)7-9-23-19(25)16(20(26)24-10-8-14(3)4)11-15-5-6-17(21)18(22)12-15/h5-6,11-14H,7-10H2,1-4H3,(H,23,25)(H,24,26). The highest BCUT2D eigenvalue weighted by atomic mass is 35.5. The largest absolute Gasteiger partial charge is 0.352 e. The number of carbonyl (C=O) groups is 2. The number of halogens is 2. The van der Waals surface area contributed by atoms with Crippen molar-refractivity contribution in [1.82, 2.24) is 10.6 Å². The van der Waals surface area contributed by atoms with E-state index in [9.17, 15) is 9.59 Å². The van der Waals surface area contributed by atoms with Crippen LogP contribution in [0.1, 0.15) is 46.1 Å². The van der Waals surface area contributed by atoms with E-state index in [2.05, 4.69) is 38.3 Å². The zero-order valence-corrected chi connectivity index (χ0v) is 17.4. The fraction of sp³-hybridized carbons (Fsp3) is 0.500. The summed E-state index contributed by atoms with van der Waals surface area (Å²) in [5.41, 5.74) is 0.711. The van der Waals surface area contributed by atoms with E-state index in [4.69, 9.17) is 23.2 Å². The maximum atomic E-state index is 12.5. The number of hydrogen-bond donors (Lipinski definition) is 2. The molecule has 4 nitrogen and oxygen atoms in total. The highest BCUT2D eigenvalue weighted by Crippen LogP contribution is 2.23. The molecule has 144 valence electrons. The summed E-state index contributed by atoms with van der Waals surface area (Å²) in [4.78, 5) is 25.0. The van der Waals surface area contributed by atoms with Crippen LogP contribution in [-0.2, 0) is 9.59 Å². The van der Waals surface area contributed by atoms with Crippen LogP contribution >= 0.6 is 23.2 Å². The number of hydrogen-bond acceptors (Lipinski definition) is 2. The van der Waals surface area contributed by atoms with E-state index in [0.29, 0.717) is 40.5 Å². The zero-order valence-electron chi connectivity index (χ0n) is 15.9. The first-order valence-electron chi connectivity index (χ1n) is 8.93. The molecule has 2 amide bonds. The van der Waals surface area contributed by atoms with Crippen LogP contribution in [0.4, 0.5) is 0 Å². The molecule has 0 atom stereocenters. The van der Waals surface area contributed by atoms with Crippen molar-refractivity contribution in [2.75, 3.05) is 13.1 Å². The fourth-order valence-corrected chi connectivity index (χ4v) is 2.45. The summed E-state index contributed by atoms with van der Waals surface area (Å²) in [6.45, 7) is 9.37. The van der Waals surface area contributed by atoms with Gasteiger partial charge in [-0.05, 0) is 48.4 Å². The summed E-state index contributed by atoms with van der Waals surface area (Å²) in [7, 11) is 0. The first-order valence-corrected chi connectivity index (χ1v) is 9.69. The van der Waals surface area contributed by atoms with Crippen molar-refractivity contribution in [2.24, 2.45) is 11.8 Å². The fourth-order valence-electron chi connectivity index (χ4n) is 2.14. The van der Waals surface area contributed by atoms with Crippen molar-refractivity contribution >= 4 is 41.1 Å². The Balaban J connectivity index is 2.95. The summed E-state index contributed by atoms with van der Waals surface area (Å²) in [5.74, 6) is 0.160. The normalized spacial score (nSPS) is 10.8. The second-order valence-corrected chi connectivity index (χ2v) is 7.92. The average Bonchev–Trinajstić information content (AvgIpc) is 2.54. The first kappa shape index (κ1) is 22.5. The SMILES string of the molecule is CC(C)CCNC(=O)C(=Cc1ccc(Cl)c(Cl)c1)C(=O)NCCC(C)C. The summed E-state index contributed by atoms with van der Waals surface area (Å²) < 4.78 is 0. The van der Waals surface area contributed by atoms with E-state index in [1.165, 1.54) is 6.08 Å². The summed E-state index contributed by atoms with van der Waals surface area (Å²) in [6.07, 6.45) is 3.24. The van der Waals surface area contributed by atoms with Gasteiger partial charge in [-0.2, -0.15) is 0 Å². The third-order valence-corrected chi connectivity index (χ3v) is 4.50. The van der Waals surface area contributed by atoms with Gasteiger partial charge >= 0.3 is 0 Å². The maximum absolute atomic E-state index is 12.5. The van der Waals surface area contributed by atoms with Gasteiger partial charge in [-0.25, -0.2) is 0 Å². The summed E-state index contributed by atoms with van der Waals surface area (Å²) in [5, 5.41) is 6.43. The molecule has 2 N–H and O–H groups in total. The molecule has 0 aromatic heterocycles. The second-order valence-electron chi connectivity index (χ2n) is 7.11. The topological polar surface area (TPSA) is 58.2 Å². The lowest BCUT2D eigenvalue weighted by Gasteiger charge is -2.12. The van der Waals surface area contributed by atoms with Gasteiger partial charge in [0.1, 0.15) is 5.57 Å². The minimum absolute atomic E-state index is 0.0656. The molecule has 1 aromatic rings. The predicted octanol–water partition coefficient (Wildman–Crippen LogP) is 4.70. The smallest absolute Gasteiger partial charge is 0.256 e. The molecule has 0 fully saturated rings. The van der Waals surface area contributed by atoms with Crippen LogP contribution in [0.3, 0.4) is 0 Å². The molecular weight excluding hydrogens is 371 g/mol. The van der Waals surface area contributed by atoms with Crippen molar-refractivity contribution < 1.29 is 9.59 Å². The molecule has 6 heteroatoms. The van der Waals surface area contributed by atoms with Crippen LogP contribution in [0, 0.1) is 11.8 Å². The minimum atomic E-state index is -0.390. The average molecular weight is 399 g/mol. The van der Waals surface area contributed by atoms with Gasteiger partial charge in [0.2, 0.25) is 0 Å². The molecule has 26 heavy (non-hydrogen) atoms. The molecule has 0 bridgehead atoms. The second kappa shape index (κ2) is 11.2. The molecule has 0 spiro atoms. The van der Waals surface area contributed by atoms with Crippen LogP contribution in [0.5, 0.6) is 0 Å². The lowest BCUT2D eigenvalue weighted by molar-refractivity contribution is -0.123. The molecule has 0 aliphatic heterocycles. The Labute approximate surface area is 166 Å². The quantitative estimate of drug-likeness (QED) is 0.359. The minimum Gasteiger partial charge on any atom is -0.352 e. The van der Waals surface area contributed by atoms with Crippen molar-refractivity contribution in [1.29, 1.82) is 0 Å². The molecule has 1 rings (SSSR count). The third kappa shape index (κ3) is 8.24. The van der Waals surface area contributed by atoms with Crippen molar-refractivity contribution in [3.05, 3.63) is 39.4 Å². The van der Waals surface area contributed by atoms with E-state index in [1.54, 1.807) is 18.2 Å². The Morgan fingerprint density at radius 1 is 0.923 bits per heavy atom. The molecule has 0 aliphatic rings. The van der Waals surface area contributed by atoms with E-state index < -0.39 is 11.8 Å². The lowest BCUT2D eigenvalue weighted by atomic mass is 10.1. The molecular formula is C20H28Cl2N2O2. The Morgan fingerprint density at radius 3 is 1.85 bits per heavy atom. The predicted molar refractivity (Wildman–Crippen MR) is 109 cm³/mol. The van der Waals surface area contributed by atoms with Gasteiger partial charge in [-0.3, -0.25) is 9.59 Å². The van der Waals surface area contributed by atoms with Gasteiger partial charge in [-0.15, -0.1) is 0 Å². The Hall–Kier alpha value is -1.52. The summed E-state index contributed by atoms with van der Waals surface area (Å²) >= 11 is 12.0. The molecule has 0 aliphatic carbocycles. The number of rotatable bonds is 9. The van der Waals surface area contributed by atoms with Crippen molar-refractivity contribution in [2.45, 2.75) is 40.5 Å².